The van der Waals surface area contributed by atoms with Crippen LogP contribution in [0.5, 0.6) is 0 Å². The van der Waals surface area contributed by atoms with E-state index in [2.05, 4.69) is 5.16 Å². The van der Waals surface area contributed by atoms with Crippen molar-refractivity contribution in [2.45, 2.75) is 20.4 Å². The molecule has 2 aromatic rings. The normalized spacial score (nSPS) is 10.7. The van der Waals surface area contributed by atoms with Crippen molar-refractivity contribution in [3.05, 3.63) is 49.3 Å². The van der Waals surface area contributed by atoms with Gasteiger partial charge in [0.25, 0.3) is 5.69 Å². The highest BCUT2D eigenvalue weighted by atomic mass is 35.5. The van der Waals surface area contributed by atoms with Crippen molar-refractivity contribution in [1.82, 2.24) is 5.16 Å². The Balaban J connectivity index is 2.36. The molecular formula is C13H13Cl2N3O3. The number of aryl methyl sites for hydroxylation is 2. The van der Waals surface area contributed by atoms with Crippen molar-refractivity contribution in [2.75, 3.05) is 11.9 Å². The van der Waals surface area contributed by atoms with Crippen LogP contribution >= 0.6 is 23.2 Å². The van der Waals surface area contributed by atoms with Crippen molar-refractivity contribution in [3.63, 3.8) is 0 Å². The van der Waals surface area contributed by atoms with Gasteiger partial charge in [-0.05, 0) is 13.8 Å². The highest BCUT2D eigenvalue weighted by molar-refractivity contribution is 6.39. The predicted molar refractivity (Wildman–Crippen MR) is 81.2 cm³/mol. The second kappa shape index (κ2) is 5.91. The number of halogens is 2. The van der Waals surface area contributed by atoms with E-state index in [1.165, 1.54) is 12.1 Å². The standard InChI is InChI=1S/C13H13Cl2N3O3/c1-7-10(8(2)21-16-7)6-17(3)13-11(14)4-9(18(19)20)5-12(13)15/h4-5H,6H2,1-3H3. The summed E-state index contributed by atoms with van der Waals surface area (Å²) in [4.78, 5) is 12.1. The molecule has 0 bridgehead atoms. The third-order valence-corrected chi connectivity index (χ3v) is 3.75. The SMILES string of the molecule is Cc1noc(C)c1CN(C)c1c(Cl)cc([N+](=O)[O-])cc1Cl. The number of hydrogen-bond acceptors (Lipinski definition) is 5. The molecule has 0 N–H and O–H groups in total. The second-order valence-corrected chi connectivity index (χ2v) is 5.49. The summed E-state index contributed by atoms with van der Waals surface area (Å²) in [5.41, 5.74) is 2.11. The zero-order valence-electron chi connectivity index (χ0n) is 11.7. The number of hydrogen-bond donors (Lipinski definition) is 0. The maximum Gasteiger partial charge on any atom is 0.272 e. The first kappa shape index (κ1) is 15.6. The monoisotopic (exact) mass is 329 g/mol. The summed E-state index contributed by atoms with van der Waals surface area (Å²) in [5.74, 6) is 0.716. The molecule has 112 valence electrons. The lowest BCUT2D eigenvalue weighted by atomic mass is 10.2. The first-order valence-electron chi connectivity index (χ1n) is 6.07. The van der Waals surface area contributed by atoms with E-state index in [-0.39, 0.29) is 15.7 Å². The van der Waals surface area contributed by atoms with Gasteiger partial charge >= 0.3 is 0 Å². The molecular weight excluding hydrogens is 317 g/mol. The van der Waals surface area contributed by atoms with Gasteiger partial charge in [-0.25, -0.2) is 0 Å². The van der Waals surface area contributed by atoms with E-state index >= 15 is 0 Å². The molecule has 8 heteroatoms. The molecule has 21 heavy (non-hydrogen) atoms. The number of non-ortho nitro benzene ring substituents is 1. The largest absolute Gasteiger partial charge is 0.368 e. The number of nitrogens with zero attached hydrogens (tertiary/aromatic N) is 3. The number of nitro groups is 1. The third kappa shape index (κ3) is 3.11. The molecule has 2 rings (SSSR count). The van der Waals surface area contributed by atoms with Crippen LogP contribution in [0.1, 0.15) is 17.0 Å². The van der Waals surface area contributed by atoms with Gasteiger partial charge in [-0.1, -0.05) is 28.4 Å². The zero-order chi connectivity index (χ0) is 15.7. The zero-order valence-corrected chi connectivity index (χ0v) is 13.2. The summed E-state index contributed by atoms with van der Waals surface area (Å²) in [6.07, 6.45) is 0. The smallest absolute Gasteiger partial charge is 0.272 e. The molecule has 0 fully saturated rings. The molecule has 0 unspecified atom stereocenters. The molecule has 0 radical (unpaired) electrons. The van der Waals surface area contributed by atoms with E-state index in [0.717, 1.165) is 11.3 Å². The fourth-order valence-electron chi connectivity index (χ4n) is 2.07. The van der Waals surface area contributed by atoms with E-state index < -0.39 is 4.92 Å². The quantitative estimate of drug-likeness (QED) is 0.622. The average Bonchev–Trinajstić information content (AvgIpc) is 2.69. The molecule has 0 amide bonds. The van der Waals surface area contributed by atoms with E-state index in [9.17, 15) is 10.1 Å². The third-order valence-electron chi connectivity index (χ3n) is 3.17. The maximum absolute atomic E-state index is 10.8. The summed E-state index contributed by atoms with van der Waals surface area (Å²) >= 11 is 12.2. The lowest BCUT2D eigenvalue weighted by molar-refractivity contribution is -0.384. The van der Waals surface area contributed by atoms with Gasteiger partial charge in [0.2, 0.25) is 0 Å². The minimum Gasteiger partial charge on any atom is -0.368 e. The summed E-state index contributed by atoms with van der Waals surface area (Å²) in [6, 6.07) is 2.57. The Morgan fingerprint density at radius 1 is 1.33 bits per heavy atom. The summed E-state index contributed by atoms with van der Waals surface area (Å²) in [5, 5.41) is 15.1. The number of aromatic nitrogens is 1. The Bertz CT molecular complexity index is 657. The molecule has 6 nitrogen and oxygen atoms in total. The Morgan fingerprint density at radius 2 is 1.90 bits per heavy atom. The van der Waals surface area contributed by atoms with Gasteiger partial charge in [0.05, 0.1) is 26.3 Å². The number of anilines is 1. The molecule has 0 saturated heterocycles. The van der Waals surface area contributed by atoms with Crippen LogP contribution in [-0.4, -0.2) is 17.1 Å². The summed E-state index contributed by atoms with van der Waals surface area (Å²) in [7, 11) is 1.80. The van der Waals surface area contributed by atoms with Gasteiger partial charge in [0.15, 0.2) is 0 Å². The lowest BCUT2D eigenvalue weighted by Gasteiger charge is -2.21. The Labute approximate surface area is 131 Å². The van der Waals surface area contributed by atoms with E-state index in [4.69, 9.17) is 27.7 Å². The second-order valence-electron chi connectivity index (χ2n) is 4.67. The van der Waals surface area contributed by atoms with E-state index in [1.54, 1.807) is 11.9 Å². The number of benzene rings is 1. The van der Waals surface area contributed by atoms with Gasteiger partial charge in [-0.2, -0.15) is 0 Å². The summed E-state index contributed by atoms with van der Waals surface area (Å²) < 4.78 is 5.11. The molecule has 1 aromatic carbocycles. The van der Waals surface area contributed by atoms with Crippen LogP contribution in [0.3, 0.4) is 0 Å². The predicted octanol–water partition coefficient (Wildman–Crippen LogP) is 4.14. The van der Waals surface area contributed by atoms with Crippen LogP contribution in [0.2, 0.25) is 10.0 Å². The van der Waals surface area contributed by atoms with Crippen molar-refractivity contribution < 1.29 is 9.45 Å². The topological polar surface area (TPSA) is 72.4 Å². The molecule has 0 spiro atoms. The number of nitro benzene ring substituents is 1. The molecule has 0 saturated carbocycles. The van der Waals surface area contributed by atoms with Crippen LogP contribution in [-0.2, 0) is 6.54 Å². The summed E-state index contributed by atoms with van der Waals surface area (Å²) in [6.45, 7) is 4.15. The minimum atomic E-state index is -0.532. The molecule has 0 aliphatic carbocycles. The Hall–Kier alpha value is -1.79. The molecule has 0 aliphatic heterocycles. The van der Waals surface area contributed by atoms with Gasteiger partial charge in [-0.15, -0.1) is 0 Å². The first-order chi connectivity index (χ1) is 9.81. The highest BCUT2D eigenvalue weighted by Crippen LogP contribution is 2.37. The molecule has 0 aliphatic rings. The minimum absolute atomic E-state index is 0.139. The van der Waals surface area contributed by atoms with Crippen LogP contribution in [0.4, 0.5) is 11.4 Å². The van der Waals surface area contributed by atoms with E-state index in [0.29, 0.717) is 18.0 Å². The molecule has 1 aromatic heterocycles. The van der Waals surface area contributed by atoms with Gasteiger partial charge in [0, 0.05) is 31.3 Å². The molecule has 1 heterocycles. The van der Waals surface area contributed by atoms with Crippen LogP contribution < -0.4 is 4.90 Å². The van der Waals surface area contributed by atoms with Crippen molar-refractivity contribution in [1.29, 1.82) is 0 Å². The van der Waals surface area contributed by atoms with Gasteiger partial charge < -0.3 is 9.42 Å². The fourth-order valence-corrected chi connectivity index (χ4v) is 2.83. The van der Waals surface area contributed by atoms with Gasteiger partial charge in [-0.3, -0.25) is 10.1 Å². The fraction of sp³-hybridized carbons (Fsp3) is 0.308. The first-order valence-corrected chi connectivity index (χ1v) is 6.83. The van der Waals surface area contributed by atoms with Crippen LogP contribution in [0.25, 0.3) is 0 Å². The van der Waals surface area contributed by atoms with Gasteiger partial charge in [0.1, 0.15) is 5.76 Å². The van der Waals surface area contributed by atoms with Crippen molar-refractivity contribution >= 4 is 34.6 Å². The van der Waals surface area contributed by atoms with E-state index in [1.807, 2.05) is 13.8 Å². The van der Waals surface area contributed by atoms with Crippen LogP contribution in [0, 0.1) is 24.0 Å². The average molecular weight is 330 g/mol. The van der Waals surface area contributed by atoms with Crippen LogP contribution in [0.15, 0.2) is 16.7 Å². The van der Waals surface area contributed by atoms with Crippen molar-refractivity contribution in [2.24, 2.45) is 0 Å². The number of rotatable bonds is 4. The Morgan fingerprint density at radius 3 is 2.33 bits per heavy atom. The lowest BCUT2D eigenvalue weighted by Crippen LogP contribution is -2.18. The Kier molecular flexibility index (Phi) is 4.39. The highest BCUT2D eigenvalue weighted by Gasteiger charge is 2.19. The van der Waals surface area contributed by atoms with Crippen molar-refractivity contribution in [3.8, 4) is 0 Å². The maximum atomic E-state index is 10.8. The molecule has 0 atom stereocenters.